The number of benzene rings is 2. The van der Waals surface area contributed by atoms with Crippen LogP contribution in [0.25, 0.3) is 0 Å². The highest BCUT2D eigenvalue weighted by Gasteiger charge is 2.22. The van der Waals surface area contributed by atoms with Gasteiger partial charge >= 0.3 is 0 Å². The smallest absolute Gasteiger partial charge is 0.186 e. The quantitative estimate of drug-likeness (QED) is 0.727. The Labute approximate surface area is 133 Å². The number of nitrogens with zero attached hydrogens (tertiary/aromatic N) is 1. The molecule has 0 aliphatic rings. The van der Waals surface area contributed by atoms with E-state index in [9.17, 15) is 5.26 Å². The first-order chi connectivity index (χ1) is 10.5. The molecule has 0 fully saturated rings. The van der Waals surface area contributed by atoms with Crippen LogP contribution in [-0.2, 0) is 11.0 Å². The summed E-state index contributed by atoms with van der Waals surface area (Å²) in [5.74, 6) is 0.789. The van der Waals surface area contributed by atoms with E-state index in [0.29, 0.717) is 6.61 Å². The number of hydrogen-bond donors (Lipinski definition) is 0. The first-order valence-corrected chi connectivity index (χ1v) is 10.7. The third-order valence-corrected chi connectivity index (χ3v) is 3.96. The Morgan fingerprint density at radius 2 is 1.64 bits per heavy atom. The molecule has 0 aromatic heterocycles. The van der Waals surface area contributed by atoms with Gasteiger partial charge in [-0.1, -0.05) is 42.5 Å². The summed E-state index contributed by atoms with van der Waals surface area (Å²) in [7, 11) is -1.75. The van der Waals surface area contributed by atoms with Crippen molar-refractivity contribution in [2.75, 3.05) is 0 Å². The van der Waals surface area contributed by atoms with Crippen molar-refractivity contribution in [1.29, 1.82) is 5.26 Å². The maximum atomic E-state index is 9.28. The monoisotopic (exact) mass is 311 g/mol. The Morgan fingerprint density at radius 3 is 2.18 bits per heavy atom. The predicted molar refractivity (Wildman–Crippen MR) is 90.0 cm³/mol. The van der Waals surface area contributed by atoms with Gasteiger partial charge in [0.2, 0.25) is 0 Å². The zero-order valence-corrected chi connectivity index (χ0v) is 14.2. The van der Waals surface area contributed by atoms with E-state index < -0.39 is 14.4 Å². The van der Waals surface area contributed by atoms with E-state index in [1.54, 1.807) is 0 Å². The third-order valence-electron chi connectivity index (χ3n) is 3.02. The van der Waals surface area contributed by atoms with E-state index in [1.165, 1.54) is 0 Å². The zero-order valence-electron chi connectivity index (χ0n) is 13.2. The Kier molecular flexibility index (Phi) is 5.37. The SMILES string of the molecule is C[Si](C)(C)OC(C#N)c1ccc(OCc2ccccc2)cc1. The Balaban J connectivity index is 1.99. The summed E-state index contributed by atoms with van der Waals surface area (Å²) in [6, 6.07) is 19.8. The van der Waals surface area contributed by atoms with Gasteiger partial charge in [-0.05, 0) is 42.9 Å². The molecule has 0 saturated carbocycles. The van der Waals surface area contributed by atoms with E-state index in [1.807, 2.05) is 54.6 Å². The number of ether oxygens (including phenoxy) is 1. The second kappa shape index (κ2) is 7.26. The number of nitriles is 1. The molecule has 3 nitrogen and oxygen atoms in total. The molecule has 0 aliphatic heterocycles. The molecule has 2 rings (SSSR count). The fourth-order valence-corrected chi connectivity index (χ4v) is 2.90. The van der Waals surface area contributed by atoms with Crippen molar-refractivity contribution in [3.8, 4) is 11.8 Å². The fraction of sp³-hybridized carbons (Fsp3) is 0.278. The molecule has 0 spiro atoms. The molecule has 0 N–H and O–H groups in total. The molecule has 0 amide bonds. The highest BCUT2D eigenvalue weighted by molar-refractivity contribution is 6.69. The molecular weight excluding hydrogens is 290 g/mol. The van der Waals surface area contributed by atoms with Crippen LogP contribution < -0.4 is 4.74 Å². The van der Waals surface area contributed by atoms with Crippen LogP contribution in [-0.4, -0.2) is 8.32 Å². The van der Waals surface area contributed by atoms with Crippen LogP contribution in [0.1, 0.15) is 17.2 Å². The molecule has 22 heavy (non-hydrogen) atoms. The average Bonchev–Trinajstić information content (AvgIpc) is 2.51. The van der Waals surface area contributed by atoms with Gasteiger partial charge in [0.25, 0.3) is 0 Å². The second-order valence-corrected chi connectivity index (χ2v) is 10.5. The van der Waals surface area contributed by atoms with Crippen molar-refractivity contribution in [3.63, 3.8) is 0 Å². The normalized spacial score (nSPS) is 12.5. The standard InChI is InChI=1S/C18H21NO2Si/c1-22(2,3)21-18(13-19)16-9-11-17(12-10-16)20-14-15-7-5-4-6-8-15/h4-12,18H,14H2,1-3H3. The molecule has 2 aromatic carbocycles. The molecule has 0 saturated heterocycles. The Bertz CT molecular complexity index is 627. The van der Waals surface area contributed by atoms with Crippen molar-refractivity contribution < 1.29 is 9.16 Å². The van der Waals surface area contributed by atoms with Crippen molar-refractivity contribution >= 4 is 8.32 Å². The van der Waals surface area contributed by atoms with Crippen LogP contribution in [0.15, 0.2) is 54.6 Å². The van der Waals surface area contributed by atoms with Crippen LogP contribution in [0, 0.1) is 11.3 Å². The lowest BCUT2D eigenvalue weighted by Crippen LogP contribution is -2.27. The topological polar surface area (TPSA) is 42.2 Å². The third kappa shape index (κ3) is 5.03. The van der Waals surface area contributed by atoms with E-state index in [0.717, 1.165) is 16.9 Å². The minimum absolute atomic E-state index is 0.505. The molecule has 2 aromatic rings. The molecular formula is C18H21NO2Si. The molecule has 1 unspecified atom stereocenters. The minimum Gasteiger partial charge on any atom is -0.489 e. The summed E-state index contributed by atoms with van der Waals surface area (Å²) in [6.45, 7) is 6.77. The highest BCUT2D eigenvalue weighted by Crippen LogP contribution is 2.24. The predicted octanol–water partition coefficient (Wildman–Crippen LogP) is 4.68. The lowest BCUT2D eigenvalue weighted by atomic mass is 10.1. The van der Waals surface area contributed by atoms with Crippen LogP contribution >= 0.6 is 0 Å². The largest absolute Gasteiger partial charge is 0.489 e. The van der Waals surface area contributed by atoms with Gasteiger partial charge in [0.15, 0.2) is 14.4 Å². The number of rotatable bonds is 6. The first kappa shape index (κ1) is 16.3. The molecule has 114 valence electrons. The first-order valence-electron chi connectivity index (χ1n) is 7.32. The average molecular weight is 311 g/mol. The summed E-state index contributed by atoms with van der Waals surface area (Å²) in [5, 5.41) is 9.28. The molecule has 4 heteroatoms. The van der Waals surface area contributed by atoms with Crippen LogP contribution in [0.5, 0.6) is 5.75 Å². The fourth-order valence-electron chi connectivity index (χ4n) is 2.00. The molecule has 0 heterocycles. The lowest BCUT2D eigenvalue weighted by molar-refractivity contribution is 0.254. The van der Waals surface area contributed by atoms with Gasteiger partial charge < -0.3 is 9.16 Å². The van der Waals surface area contributed by atoms with Gasteiger partial charge in [0.05, 0.1) is 6.07 Å². The van der Waals surface area contributed by atoms with Crippen molar-refractivity contribution in [2.24, 2.45) is 0 Å². The van der Waals surface area contributed by atoms with Crippen LogP contribution in [0.2, 0.25) is 19.6 Å². The van der Waals surface area contributed by atoms with E-state index in [-0.39, 0.29) is 0 Å². The summed E-state index contributed by atoms with van der Waals surface area (Å²) in [5.41, 5.74) is 2.00. The summed E-state index contributed by atoms with van der Waals surface area (Å²) >= 11 is 0. The molecule has 0 bridgehead atoms. The van der Waals surface area contributed by atoms with Gasteiger partial charge in [0, 0.05) is 0 Å². The minimum atomic E-state index is -1.75. The summed E-state index contributed by atoms with van der Waals surface area (Å²) in [4.78, 5) is 0. The van der Waals surface area contributed by atoms with Crippen molar-refractivity contribution in [2.45, 2.75) is 32.4 Å². The van der Waals surface area contributed by atoms with E-state index >= 15 is 0 Å². The van der Waals surface area contributed by atoms with E-state index in [2.05, 4.69) is 25.7 Å². The van der Waals surface area contributed by atoms with Gasteiger partial charge in [0.1, 0.15) is 12.4 Å². The maximum absolute atomic E-state index is 9.28. The summed E-state index contributed by atoms with van der Waals surface area (Å²) < 4.78 is 11.6. The van der Waals surface area contributed by atoms with Crippen LogP contribution in [0.3, 0.4) is 0 Å². The van der Waals surface area contributed by atoms with Gasteiger partial charge in [-0.3, -0.25) is 0 Å². The second-order valence-electron chi connectivity index (χ2n) is 6.08. The zero-order chi connectivity index (χ0) is 16.0. The highest BCUT2D eigenvalue weighted by atomic mass is 28.4. The summed E-state index contributed by atoms with van der Waals surface area (Å²) in [6.07, 6.45) is -0.505. The Morgan fingerprint density at radius 1 is 1.00 bits per heavy atom. The van der Waals surface area contributed by atoms with Gasteiger partial charge in [-0.25, -0.2) is 0 Å². The number of hydrogen-bond acceptors (Lipinski definition) is 3. The molecule has 1 atom stereocenters. The Hall–Kier alpha value is -2.09. The van der Waals surface area contributed by atoms with Gasteiger partial charge in [-0.15, -0.1) is 0 Å². The van der Waals surface area contributed by atoms with Gasteiger partial charge in [-0.2, -0.15) is 5.26 Å². The lowest BCUT2D eigenvalue weighted by Gasteiger charge is -2.21. The van der Waals surface area contributed by atoms with E-state index in [4.69, 9.17) is 9.16 Å². The van der Waals surface area contributed by atoms with Crippen LogP contribution in [0.4, 0.5) is 0 Å². The van der Waals surface area contributed by atoms with Crippen molar-refractivity contribution in [3.05, 3.63) is 65.7 Å². The molecule has 0 aliphatic carbocycles. The maximum Gasteiger partial charge on any atom is 0.186 e. The van der Waals surface area contributed by atoms with Crippen molar-refractivity contribution in [1.82, 2.24) is 0 Å². The molecule has 0 radical (unpaired) electrons.